The van der Waals surface area contributed by atoms with Gasteiger partial charge < -0.3 is 41.1 Å². The number of carboxylic acid groups (broad SMARTS) is 1. The van der Waals surface area contributed by atoms with Crippen molar-refractivity contribution in [3.05, 3.63) is 46.5 Å². The Hall–Kier alpha value is -2.89. The van der Waals surface area contributed by atoms with Crippen molar-refractivity contribution in [2.75, 3.05) is 39.3 Å². The molecule has 0 saturated carbocycles. The molecule has 3 unspecified atom stereocenters. The van der Waals surface area contributed by atoms with Crippen LogP contribution in [0.5, 0.6) is 5.75 Å². The maximum absolute atomic E-state index is 12.0. The van der Waals surface area contributed by atoms with Crippen molar-refractivity contribution in [3.8, 4) is 16.9 Å². The smallest absolute Gasteiger partial charge is 0.335 e. The summed E-state index contributed by atoms with van der Waals surface area (Å²) in [5.74, 6) is -2.60. The molecule has 0 radical (unpaired) electrons. The molecule has 3 atom stereocenters. The monoisotopic (exact) mass is 495 g/mol. The van der Waals surface area contributed by atoms with Crippen LogP contribution in [0, 0.1) is 5.92 Å². The number of ether oxygens (including phenoxy) is 1. The normalized spacial score (nSPS) is 13.7. The first-order chi connectivity index (χ1) is 16.0. The van der Waals surface area contributed by atoms with Crippen LogP contribution in [0.3, 0.4) is 0 Å². The molecule has 186 valence electrons. The number of benzene rings is 2. The van der Waals surface area contributed by atoms with Crippen molar-refractivity contribution < 1.29 is 34.8 Å². The Kier molecular flexibility index (Phi) is 9.66. The second kappa shape index (κ2) is 12.0. The van der Waals surface area contributed by atoms with Crippen molar-refractivity contribution in [2.24, 2.45) is 11.7 Å². The first-order valence-electron chi connectivity index (χ1n) is 10.4. The zero-order valence-electron chi connectivity index (χ0n) is 19.2. The highest BCUT2D eigenvalue weighted by Crippen LogP contribution is 2.41. The lowest BCUT2D eigenvalue weighted by Gasteiger charge is -2.27. The lowest BCUT2D eigenvalue weighted by Crippen LogP contribution is -2.52. The highest BCUT2D eigenvalue weighted by atomic mass is 35.5. The van der Waals surface area contributed by atoms with Gasteiger partial charge in [-0.25, -0.2) is 4.79 Å². The first-order valence-corrected chi connectivity index (χ1v) is 10.8. The number of nitrogens with two attached hydrogens (primary N) is 1. The van der Waals surface area contributed by atoms with Crippen LogP contribution in [0.15, 0.2) is 30.3 Å². The Balaban J connectivity index is 2.54. The summed E-state index contributed by atoms with van der Waals surface area (Å²) in [5, 5.41) is 41.6. The minimum Gasteiger partial charge on any atom is -0.496 e. The van der Waals surface area contributed by atoms with E-state index >= 15 is 0 Å². The lowest BCUT2D eigenvalue weighted by molar-refractivity contribution is -0.124. The average molecular weight is 496 g/mol. The second-order valence-electron chi connectivity index (χ2n) is 7.94. The van der Waals surface area contributed by atoms with Crippen molar-refractivity contribution in [2.45, 2.75) is 18.7 Å². The van der Waals surface area contributed by atoms with Gasteiger partial charge in [-0.1, -0.05) is 17.7 Å². The van der Waals surface area contributed by atoms with E-state index in [0.717, 1.165) is 0 Å². The van der Waals surface area contributed by atoms with E-state index in [1.54, 1.807) is 37.2 Å². The van der Waals surface area contributed by atoms with Crippen LogP contribution in [0.25, 0.3) is 11.1 Å². The third-order valence-electron chi connectivity index (χ3n) is 5.50. The van der Waals surface area contributed by atoms with Gasteiger partial charge in [0, 0.05) is 43.4 Å². The fraction of sp³-hybridized carbons (Fsp3) is 0.391. The lowest BCUT2D eigenvalue weighted by atomic mass is 9.93. The standard InChI is InChI=1S/C23H30ClN3O7/c1-27(2)15-7-13(6-14(8-15)23(32)33)19-17(24)5-4-12(21(19)34-3)9-26-20(22(25)31)16(10-28)18(30)11-29/h4-8,16,18,20,26,28-30H,9-11H2,1-3H3,(H2,25,31)(H,32,33). The van der Waals surface area contributed by atoms with Crippen LogP contribution in [0.4, 0.5) is 5.69 Å². The van der Waals surface area contributed by atoms with Crippen LogP contribution in [0.2, 0.25) is 5.02 Å². The number of hydrogen-bond acceptors (Lipinski definition) is 8. The molecule has 0 bridgehead atoms. The van der Waals surface area contributed by atoms with Gasteiger partial charge in [-0.05, 0) is 29.8 Å². The predicted octanol–water partition coefficient (Wildman–Crippen LogP) is 0.685. The molecule has 7 N–H and O–H groups in total. The summed E-state index contributed by atoms with van der Waals surface area (Å²) < 4.78 is 5.62. The van der Waals surface area contributed by atoms with Crippen molar-refractivity contribution >= 4 is 29.2 Å². The molecule has 0 aliphatic carbocycles. The molecule has 0 saturated heterocycles. The molecule has 0 aliphatic rings. The number of rotatable bonds is 12. The number of halogens is 1. The van der Waals surface area contributed by atoms with Gasteiger partial charge in [-0.15, -0.1) is 0 Å². The maximum atomic E-state index is 12.0. The largest absolute Gasteiger partial charge is 0.496 e. The molecule has 0 aliphatic heterocycles. The summed E-state index contributed by atoms with van der Waals surface area (Å²) in [7, 11) is 5.00. The number of carbonyl (C=O) groups excluding carboxylic acids is 1. The SMILES string of the molecule is COc1c(CNC(C(N)=O)C(CO)C(O)CO)ccc(Cl)c1-c1cc(C(=O)O)cc(N(C)C)c1. The molecule has 2 rings (SSSR count). The molecular formula is C23H30ClN3O7. The predicted molar refractivity (Wildman–Crippen MR) is 128 cm³/mol. The summed E-state index contributed by atoms with van der Waals surface area (Å²) in [5.41, 5.74) is 7.71. The minimum atomic E-state index is -1.36. The number of methoxy groups -OCH3 is 1. The number of aromatic carboxylic acids is 1. The Morgan fingerprint density at radius 1 is 1.18 bits per heavy atom. The maximum Gasteiger partial charge on any atom is 0.335 e. The van der Waals surface area contributed by atoms with Gasteiger partial charge in [-0.3, -0.25) is 4.79 Å². The molecule has 0 fully saturated rings. The number of nitrogens with zero attached hydrogens (tertiary/aromatic N) is 1. The third-order valence-corrected chi connectivity index (χ3v) is 5.82. The topological polar surface area (TPSA) is 166 Å². The van der Waals surface area contributed by atoms with Gasteiger partial charge >= 0.3 is 5.97 Å². The van der Waals surface area contributed by atoms with E-state index in [4.69, 9.17) is 22.1 Å². The number of nitrogens with one attached hydrogen (secondary N) is 1. The molecule has 0 aromatic heterocycles. The molecule has 11 heteroatoms. The number of carboxylic acids is 1. The summed E-state index contributed by atoms with van der Waals surface area (Å²) in [6.45, 7) is -1.20. The zero-order chi connectivity index (χ0) is 25.6. The van der Waals surface area contributed by atoms with E-state index in [0.29, 0.717) is 33.1 Å². The van der Waals surface area contributed by atoms with Gasteiger partial charge in [0.25, 0.3) is 0 Å². The molecule has 1 amide bonds. The summed E-state index contributed by atoms with van der Waals surface area (Å²) >= 11 is 6.50. The zero-order valence-corrected chi connectivity index (χ0v) is 19.9. The van der Waals surface area contributed by atoms with Crippen LogP contribution >= 0.6 is 11.6 Å². The van der Waals surface area contributed by atoms with Gasteiger partial charge in [-0.2, -0.15) is 0 Å². The molecule has 0 heterocycles. The minimum absolute atomic E-state index is 0.0365. The number of amides is 1. The van der Waals surface area contributed by atoms with E-state index in [1.807, 2.05) is 0 Å². The van der Waals surface area contributed by atoms with E-state index in [2.05, 4.69) is 5.32 Å². The highest BCUT2D eigenvalue weighted by molar-refractivity contribution is 6.33. The van der Waals surface area contributed by atoms with Gasteiger partial charge in [0.2, 0.25) is 5.91 Å². The van der Waals surface area contributed by atoms with E-state index in [-0.39, 0.29) is 12.1 Å². The van der Waals surface area contributed by atoms with Crippen LogP contribution in [-0.2, 0) is 11.3 Å². The van der Waals surface area contributed by atoms with E-state index in [9.17, 15) is 30.0 Å². The van der Waals surface area contributed by atoms with Crippen molar-refractivity contribution in [1.29, 1.82) is 0 Å². The Morgan fingerprint density at radius 3 is 2.35 bits per heavy atom. The van der Waals surface area contributed by atoms with Gasteiger partial charge in [0.1, 0.15) is 5.75 Å². The van der Waals surface area contributed by atoms with E-state index < -0.39 is 43.2 Å². The molecule has 0 spiro atoms. The third kappa shape index (κ3) is 6.16. The summed E-state index contributed by atoms with van der Waals surface area (Å²) in [6.07, 6.45) is -1.36. The molecule has 2 aromatic rings. The quantitative estimate of drug-likeness (QED) is 0.248. The number of aliphatic hydroxyl groups excluding tert-OH is 3. The van der Waals surface area contributed by atoms with E-state index in [1.165, 1.54) is 19.2 Å². The average Bonchev–Trinajstić information content (AvgIpc) is 2.80. The Morgan fingerprint density at radius 2 is 1.85 bits per heavy atom. The Bertz CT molecular complexity index is 1030. The number of anilines is 1. The van der Waals surface area contributed by atoms with Crippen LogP contribution in [0.1, 0.15) is 15.9 Å². The molecule has 34 heavy (non-hydrogen) atoms. The van der Waals surface area contributed by atoms with Crippen molar-refractivity contribution in [1.82, 2.24) is 5.32 Å². The summed E-state index contributed by atoms with van der Waals surface area (Å²) in [6, 6.07) is 6.94. The van der Waals surface area contributed by atoms with Crippen LogP contribution < -0.4 is 20.7 Å². The summed E-state index contributed by atoms with van der Waals surface area (Å²) in [4.78, 5) is 25.4. The number of hydrogen-bond donors (Lipinski definition) is 6. The number of aliphatic hydroxyl groups is 3. The molecular weight excluding hydrogens is 466 g/mol. The number of primary amides is 1. The molecule has 2 aromatic carbocycles. The van der Waals surface area contributed by atoms with Gasteiger partial charge in [0.15, 0.2) is 0 Å². The first kappa shape index (κ1) is 27.4. The van der Waals surface area contributed by atoms with Crippen molar-refractivity contribution in [3.63, 3.8) is 0 Å². The number of carbonyl (C=O) groups is 2. The van der Waals surface area contributed by atoms with Crippen LogP contribution in [-0.4, -0.2) is 78.9 Å². The second-order valence-corrected chi connectivity index (χ2v) is 8.35. The Labute approximate surface area is 202 Å². The van der Waals surface area contributed by atoms with Gasteiger partial charge in [0.05, 0.1) is 43.1 Å². The fourth-order valence-electron chi connectivity index (χ4n) is 3.65. The highest BCUT2D eigenvalue weighted by Gasteiger charge is 2.31. The fourth-order valence-corrected chi connectivity index (χ4v) is 3.91. The molecule has 10 nitrogen and oxygen atoms in total.